The van der Waals surface area contributed by atoms with Gasteiger partial charge in [-0.05, 0) is 24.7 Å². The van der Waals surface area contributed by atoms with Crippen molar-refractivity contribution in [2.75, 3.05) is 0 Å². The first-order valence-corrected chi connectivity index (χ1v) is 4.88. The van der Waals surface area contributed by atoms with Crippen LogP contribution < -0.4 is 5.11 Å². The predicted molar refractivity (Wildman–Crippen MR) is 52.9 cm³/mol. The molecule has 0 aliphatic carbocycles. The van der Waals surface area contributed by atoms with Crippen molar-refractivity contribution in [2.45, 2.75) is 26.3 Å². The highest BCUT2D eigenvalue weighted by Gasteiger charge is 2.23. The molecule has 0 N–H and O–H groups in total. The Morgan fingerprint density at radius 2 is 2.25 bits per heavy atom. The monoisotopic (exact) mass is 246 g/mol. The number of carbonyl (C=O) groups is 1. The van der Waals surface area contributed by atoms with Crippen LogP contribution in [0.5, 0.6) is 0 Å². The van der Waals surface area contributed by atoms with Crippen molar-refractivity contribution < 1.29 is 14.8 Å². The molecule has 0 aliphatic rings. The highest BCUT2D eigenvalue weighted by atomic mass is 35.5. The second kappa shape index (κ2) is 4.93. The first-order valence-electron chi connectivity index (χ1n) is 4.50. The Bertz CT molecular complexity index is 429. The zero-order chi connectivity index (χ0) is 12.3. The molecule has 0 fully saturated rings. The van der Waals surface area contributed by atoms with Gasteiger partial charge in [0.1, 0.15) is 0 Å². The average Bonchev–Trinajstić information content (AvgIpc) is 2.45. The molecule has 0 spiro atoms. The Morgan fingerprint density at radius 1 is 1.62 bits per heavy atom. The molecule has 1 aromatic heterocycles. The molecular formula is C8H9ClN3O4-. The van der Waals surface area contributed by atoms with Gasteiger partial charge in [-0.1, -0.05) is 11.6 Å². The third-order valence-corrected chi connectivity index (χ3v) is 2.48. The summed E-state index contributed by atoms with van der Waals surface area (Å²) in [5, 5.41) is 24.4. The largest absolute Gasteiger partial charge is 0.550 e. The number of carbonyl (C=O) groups excluding carboxylic acids is 1. The van der Waals surface area contributed by atoms with Gasteiger partial charge in [0.25, 0.3) is 0 Å². The molecule has 88 valence electrons. The topological polar surface area (TPSA) is 101 Å². The minimum atomic E-state index is -1.16. The molecule has 0 amide bonds. The average molecular weight is 247 g/mol. The van der Waals surface area contributed by atoms with Crippen molar-refractivity contribution in [1.29, 1.82) is 0 Å². The second-order valence-corrected chi connectivity index (χ2v) is 3.56. The van der Waals surface area contributed by atoms with Crippen LogP contribution in [-0.4, -0.2) is 20.7 Å². The lowest BCUT2D eigenvalue weighted by molar-refractivity contribution is -0.389. The Balaban J connectivity index is 2.78. The van der Waals surface area contributed by atoms with Crippen molar-refractivity contribution in [1.82, 2.24) is 9.78 Å². The van der Waals surface area contributed by atoms with E-state index in [1.54, 1.807) is 6.92 Å². The van der Waals surface area contributed by atoms with E-state index in [-0.39, 0.29) is 18.0 Å². The van der Waals surface area contributed by atoms with Gasteiger partial charge in [-0.15, -0.1) is 0 Å². The first kappa shape index (κ1) is 12.4. The lowest BCUT2D eigenvalue weighted by Gasteiger charge is -2.01. The molecule has 0 aliphatic heterocycles. The molecule has 0 aromatic carbocycles. The third kappa shape index (κ3) is 2.69. The van der Waals surface area contributed by atoms with Crippen LogP contribution in [0.4, 0.5) is 5.82 Å². The van der Waals surface area contributed by atoms with Gasteiger partial charge in [-0.3, -0.25) is 0 Å². The van der Waals surface area contributed by atoms with Crippen LogP contribution in [0, 0.1) is 17.0 Å². The minimum Gasteiger partial charge on any atom is -0.550 e. The molecule has 1 rings (SSSR count). The van der Waals surface area contributed by atoms with Crippen LogP contribution in [0.1, 0.15) is 18.5 Å². The highest BCUT2D eigenvalue weighted by Crippen LogP contribution is 2.26. The van der Waals surface area contributed by atoms with Crippen molar-refractivity contribution in [3.05, 3.63) is 20.8 Å². The van der Waals surface area contributed by atoms with Gasteiger partial charge in [0.05, 0.1) is 17.3 Å². The standard InChI is InChI=1S/C8H10ClN3O4/c1-5-7(9)8(12(15)16)10-11(5)4-2-3-6(13)14/h2-4H2,1H3,(H,13,14)/p-1. The fourth-order valence-corrected chi connectivity index (χ4v) is 1.42. The van der Waals surface area contributed by atoms with Gasteiger partial charge < -0.3 is 20.0 Å². The summed E-state index contributed by atoms with van der Waals surface area (Å²) in [4.78, 5) is 20.0. The van der Waals surface area contributed by atoms with Crippen LogP contribution in [0.15, 0.2) is 0 Å². The summed E-state index contributed by atoms with van der Waals surface area (Å²) < 4.78 is 1.32. The van der Waals surface area contributed by atoms with E-state index in [0.29, 0.717) is 12.1 Å². The Kier molecular flexibility index (Phi) is 3.83. The van der Waals surface area contributed by atoms with Crippen molar-refractivity contribution in [2.24, 2.45) is 0 Å². The van der Waals surface area contributed by atoms with E-state index < -0.39 is 16.7 Å². The molecule has 0 saturated heterocycles. The summed E-state index contributed by atoms with van der Waals surface area (Å²) in [6.45, 7) is 1.84. The van der Waals surface area contributed by atoms with Crippen LogP contribution in [0.25, 0.3) is 0 Å². The number of carboxylic acid groups (broad SMARTS) is 1. The number of hydrogen-bond acceptors (Lipinski definition) is 5. The number of aryl methyl sites for hydroxylation is 1. The molecule has 7 nitrogen and oxygen atoms in total. The molecule has 0 unspecified atom stereocenters. The third-order valence-electron chi connectivity index (χ3n) is 2.04. The molecule has 16 heavy (non-hydrogen) atoms. The maximum atomic E-state index is 10.5. The molecule has 8 heteroatoms. The summed E-state index contributed by atoms with van der Waals surface area (Å²) in [5.41, 5.74) is 0.451. The number of hydrogen-bond donors (Lipinski definition) is 0. The molecule has 0 radical (unpaired) electrons. The van der Waals surface area contributed by atoms with Crippen molar-refractivity contribution in [3.8, 4) is 0 Å². The van der Waals surface area contributed by atoms with E-state index >= 15 is 0 Å². The van der Waals surface area contributed by atoms with Gasteiger partial charge >= 0.3 is 5.82 Å². The maximum absolute atomic E-state index is 10.5. The summed E-state index contributed by atoms with van der Waals surface area (Å²) in [5.74, 6) is -1.57. The summed E-state index contributed by atoms with van der Waals surface area (Å²) in [6, 6.07) is 0. The molecular weight excluding hydrogens is 238 g/mol. The zero-order valence-electron chi connectivity index (χ0n) is 8.47. The molecule has 0 saturated carbocycles. The van der Waals surface area contributed by atoms with E-state index in [1.807, 2.05) is 0 Å². The van der Waals surface area contributed by atoms with E-state index in [9.17, 15) is 20.0 Å². The number of aliphatic carboxylic acids is 1. The fourth-order valence-electron chi connectivity index (χ4n) is 1.22. The Morgan fingerprint density at radius 3 is 2.69 bits per heavy atom. The zero-order valence-corrected chi connectivity index (χ0v) is 9.23. The maximum Gasteiger partial charge on any atom is 0.408 e. The number of aromatic nitrogens is 2. The van der Waals surface area contributed by atoms with Crippen LogP contribution in [0.2, 0.25) is 5.02 Å². The van der Waals surface area contributed by atoms with Gasteiger partial charge in [-0.2, -0.15) is 4.68 Å². The summed E-state index contributed by atoms with van der Waals surface area (Å²) in [7, 11) is 0. The number of halogens is 1. The number of nitro groups is 1. The SMILES string of the molecule is Cc1c(Cl)c([N+](=O)[O-])nn1CCCC(=O)[O-]. The van der Waals surface area contributed by atoms with E-state index in [1.165, 1.54) is 4.68 Å². The predicted octanol–water partition coefficient (Wildman–Crippen LogP) is 0.283. The normalized spacial score (nSPS) is 10.4. The van der Waals surface area contributed by atoms with Crippen LogP contribution >= 0.6 is 11.6 Å². The van der Waals surface area contributed by atoms with E-state index in [0.717, 1.165) is 0 Å². The molecule has 0 bridgehead atoms. The smallest absolute Gasteiger partial charge is 0.408 e. The summed E-state index contributed by atoms with van der Waals surface area (Å²) >= 11 is 5.70. The van der Waals surface area contributed by atoms with Gasteiger partial charge in [-0.25, -0.2) is 0 Å². The van der Waals surface area contributed by atoms with Gasteiger partial charge in [0, 0.05) is 5.97 Å². The number of nitrogens with zero attached hydrogens (tertiary/aromatic N) is 3. The first-order chi connectivity index (χ1) is 7.43. The quantitative estimate of drug-likeness (QED) is 0.549. The minimum absolute atomic E-state index is 0.0153. The Hall–Kier alpha value is -1.63. The second-order valence-electron chi connectivity index (χ2n) is 3.18. The van der Waals surface area contributed by atoms with Crippen LogP contribution in [-0.2, 0) is 11.3 Å². The lowest BCUT2D eigenvalue weighted by atomic mass is 10.3. The number of carboxylic acids is 1. The van der Waals surface area contributed by atoms with Crippen molar-refractivity contribution >= 4 is 23.4 Å². The lowest BCUT2D eigenvalue weighted by Crippen LogP contribution is -2.22. The summed E-state index contributed by atoms with van der Waals surface area (Å²) in [6.07, 6.45) is 0.170. The van der Waals surface area contributed by atoms with E-state index in [4.69, 9.17) is 11.6 Å². The van der Waals surface area contributed by atoms with Gasteiger partial charge in [0.15, 0.2) is 5.02 Å². The number of rotatable bonds is 5. The van der Waals surface area contributed by atoms with Crippen LogP contribution in [0.3, 0.4) is 0 Å². The van der Waals surface area contributed by atoms with Gasteiger partial charge in [0.2, 0.25) is 0 Å². The molecule has 0 atom stereocenters. The highest BCUT2D eigenvalue weighted by molar-refractivity contribution is 6.33. The molecule has 1 aromatic rings. The molecule has 1 heterocycles. The Labute approximate surface area is 95.8 Å². The van der Waals surface area contributed by atoms with E-state index in [2.05, 4.69) is 5.10 Å². The fraction of sp³-hybridized carbons (Fsp3) is 0.500. The van der Waals surface area contributed by atoms with Crippen molar-refractivity contribution in [3.63, 3.8) is 0 Å².